The van der Waals surface area contributed by atoms with Gasteiger partial charge < -0.3 is 9.90 Å². The molecule has 0 saturated carbocycles. The first kappa shape index (κ1) is 10.1. The van der Waals surface area contributed by atoms with Gasteiger partial charge in [0, 0.05) is 5.41 Å². The van der Waals surface area contributed by atoms with Crippen LogP contribution in [0.25, 0.3) is 0 Å². The van der Waals surface area contributed by atoms with E-state index in [1.54, 1.807) is 20.8 Å². The number of rotatable bonds is 2. The van der Waals surface area contributed by atoms with Gasteiger partial charge in [-0.2, -0.15) is 0 Å². The molecule has 11 heavy (non-hydrogen) atoms. The molecule has 64 valence electrons. The molecule has 0 aromatic carbocycles. The predicted octanol–water partition coefficient (Wildman–Crippen LogP) is -0.0124. The number of aliphatic carboxylic acids is 1. The number of Topliss-reactive ketones (excluding diaryl/α,β-unsaturated/α-hetero) is 1. The van der Waals surface area contributed by atoms with Crippen molar-refractivity contribution in [3.05, 3.63) is 0 Å². The lowest BCUT2D eigenvalue weighted by Gasteiger charge is -2.22. The van der Waals surface area contributed by atoms with Crippen LogP contribution < -0.4 is 5.11 Å². The van der Waals surface area contributed by atoms with Gasteiger partial charge in [0.05, 0.1) is 11.9 Å². The van der Waals surface area contributed by atoms with Crippen LogP contribution in [0.5, 0.6) is 0 Å². The van der Waals surface area contributed by atoms with Crippen molar-refractivity contribution in [3.63, 3.8) is 0 Å². The van der Waals surface area contributed by atoms with Crippen molar-refractivity contribution in [1.82, 2.24) is 0 Å². The van der Waals surface area contributed by atoms with Crippen LogP contribution in [0.1, 0.15) is 27.7 Å². The van der Waals surface area contributed by atoms with Crippen LogP contribution in [0.3, 0.4) is 0 Å². The predicted molar refractivity (Wildman–Crippen MR) is 38.6 cm³/mol. The van der Waals surface area contributed by atoms with Gasteiger partial charge in [-0.15, -0.1) is 0 Å². The molecule has 0 aliphatic carbocycles. The Morgan fingerprint density at radius 3 is 1.73 bits per heavy atom. The van der Waals surface area contributed by atoms with Crippen molar-refractivity contribution in [3.8, 4) is 0 Å². The fourth-order valence-corrected chi connectivity index (χ4v) is 0.757. The molecule has 1 unspecified atom stereocenters. The molecule has 0 aromatic heterocycles. The maximum absolute atomic E-state index is 11.2. The van der Waals surface area contributed by atoms with Crippen LogP contribution in [-0.4, -0.2) is 11.8 Å². The Labute approximate surface area is 66.4 Å². The summed E-state index contributed by atoms with van der Waals surface area (Å²) in [5.41, 5.74) is -0.598. The van der Waals surface area contributed by atoms with Crippen molar-refractivity contribution in [1.29, 1.82) is 0 Å². The highest BCUT2D eigenvalue weighted by Gasteiger charge is 2.26. The molecule has 0 radical (unpaired) electrons. The topological polar surface area (TPSA) is 57.2 Å². The first-order chi connectivity index (χ1) is 4.76. The third-order valence-corrected chi connectivity index (χ3v) is 1.49. The highest BCUT2D eigenvalue weighted by atomic mass is 16.4. The van der Waals surface area contributed by atoms with Crippen LogP contribution in [0, 0.1) is 11.3 Å². The molecular formula is C8H13O3-. The quantitative estimate of drug-likeness (QED) is 0.529. The van der Waals surface area contributed by atoms with Crippen LogP contribution in [0.2, 0.25) is 0 Å². The number of carbonyl (C=O) groups is 2. The summed E-state index contributed by atoms with van der Waals surface area (Å²) in [5.74, 6) is -2.60. The van der Waals surface area contributed by atoms with E-state index in [4.69, 9.17) is 0 Å². The zero-order chi connectivity index (χ0) is 9.23. The van der Waals surface area contributed by atoms with Crippen LogP contribution in [-0.2, 0) is 9.59 Å². The normalized spacial score (nSPS) is 14.2. The van der Waals surface area contributed by atoms with E-state index in [2.05, 4.69) is 0 Å². The fraction of sp³-hybridized carbons (Fsp3) is 0.750. The molecule has 0 aliphatic heterocycles. The van der Waals surface area contributed by atoms with Gasteiger partial charge in [-0.25, -0.2) is 0 Å². The van der Waals surface area contributed by atoms with Gasteiger partial charge >= 0.3 is 0 Å². The minimum absolute atomic E-state index is 0.294. The summed E-state index contributed by atoms with van der Waals surface area (Å²) in [6.45, 7) is 6.42. The van der Waals surface area contributed by atoms with Gasteiger partial charge in [0.1, 0.15) is 5.78 Å². The summed E-state index contributed by atoms with van der Waals surface area (Å²) in [5, 5.41) is 10.3. The third kappa shape index (κ3) is 2.70. The van der Waals surface area contributed by atoms with Gasteiger partial charge in [-0.3, -0.25) is 4.79 Å². The number of hydrogen-bond acceptors (Lipinski definition) is 3. The van der Waals surface area contributed by atoms with E-state index < -0.39 is 17.3 Å². The molecule has 0 saturated heterocycles. The number of carboxylic acid groups (broad SMARTS) is 1. The van der Waals surface area contributed by atoms with E-state index in [1.165, 1.54) is 6.92 Å². The summed E-state index contributed by atoms with van der Waals surface area (Å²) in [6.07, 6.45) is 0. The maximum Gasteiger partial charge on any atom is 0.146 e. The van der Waals surface area contributed by atoms with Crippen molar-refractivity contribution >= 4 is 11.8 Å². The number of carboxylic acids is 1. The lowest BCUT2D eigenvalue weighted by atomic mass is 9.84. The SMILES string of the molecule is CC(C(=O)[O-])C(=O)C(C)(C)C. The molecule has 0 amide bonds. The smallest absolute Gasteiger partial charge is 0.146 e. The van der Waals surface area contributed by atoms with E-state index in [-0.39, 0.29) is 5.78 Å². The van der Waals surface area contributed by atoms with Gasteiger partial charge in [0.15, 0.2) is 0 Å². The standard InChI is InChI=1S/C8H14O3/c1-5(7(10)11)6(9)8(2,3)4/h5H,1-4H3,(H,10,11)/p-1. The van der Waals surface area contributed by atoms with Crippen LogP contribution in [0.15, 0.2) is 0 Å². The van der Waals surface area contributed by atoms with E-state index in [1.807, 2.05) is 0 Å². The molecule has 3 heteroatoms. The summed E-state index contributed by atoms with van der Waals surface area (Å²) in [6, 6.07) is 0. The maximum atomic E-state index is 11.2. The second-order valence-corrected chi connectivity index (χ2v) is 3.65. The van der Waals surface area contributed by atoms with Crippen molar-refractivity contribution in [2.45, 2.75) is 27.7 Å². The van der Waals surface area contributed by atoms with Gasteiger partial charge in [0.2, 0.25) is 0 Å². The van der Waals surface area contributed by atoms with E-state index in [9.17, 15) is 14.7 Å². The summed E-state index contributed by atoms with van der Waals surface area (Å²) in [7, 11) is 0. The lowest BCUT2D eigenvalue weighted by Crippen LogP contribution is -2.39. The van der Waals surface area contributed by atoms with Gasteiger partial charge in [0.25, 0.3) is 0 Å². The van der Waals surface area contributed by atoms with Crippen molar-refractivity contribution in [2.24, 2.45) is 11.3 Å². The minimum Gasteiger partial charge on any atom is -0.549 e. The molecule has 0 fully saturated rings. The second kappa shape index (κ2) is 3.03. The first-order valence-corrected chi connectivity index (χ1v) is 3.52. The zero-order valence-corrected chi connectivity index (χ0v) is 7.30. The molecule has 0 spiro atoms. The fourth-order valence-electron chi connectivity index (χ4n) is 0.757. The Morgan fingerprint density at radius 2 is 1.64 bits per heavy atom. The Morgan fingerprint density at radius 1 is 1.27 bits per heavy atom. The van der Waals surface area contributed by atoms with Gasteiger partial charge in [-0.1, -0.05) is 27.7 Å². The lowest BCUT2D eigenvalue weighted by molar-refractivity contribution is -0.309. The highest BCUT2D eigenvalue weighted by Crippen LogP contribution is 2.19. The molecule has 0 heterocycles. The summed E-state index contributed by atoms with van der Waals surface area (Å²) < 4.78 is 0. The van der Waals surface area contributed by atoms with E-state index >= 15 is 0 Å². The Hall–Kier alpha value is -0.860. The van der Waals surface area contributed by atoms with Crippen LogP contribution >= 0.6 is 0 Å². The third-order valence-electron chi connectivity index (χ3n) is 1.49. The molecule has 0 N–H and O–H groups in total. The van der Waals surface area contributed by atoms with Gasteiger partial charge in [-0.05, 0) is 0 Å². The molecular weight excluding hydrogens is 144 g/mol. The number of hydrogen-bond donors (Lipinski definition) is 0. The Kier molecular flexibility index (Phi) is 2.79. The van der Waals surface area contributed by atoms with Crippen molar-refractivity contribution in [2.75, 3.05) is 0 Å². The van der Waals surface area contributed by atoms with E-state index in [0.717, 1.165) is 0 Å². The molecule has 3 nitrogen and oxygen atoms in total. The summed E-state index contributed by atoms with van der Waals surface area (Å²) in [4.78, 5) is 21.4. The second-order valence-electron chi connectivity index (χ2n) is 3.65. The zero-order valence-electron chi connectivity index (χ0n) is 7.30. The monoisotopic (exact) mass is 157 g/mol. The minimum atomic E-state index is -1.30. The van der Waals surface area contributed by atoms with Crippen LogP contribution in [0.4, 0.5) is 0 Å². The highest BCUT2D eigenvalue weighted by molar-refractivity contribution is 5.99. The molecule has 1 atom stereocenters. The Balaban J connectivity index is 4.39. The molecule has 0 rings (SSSR count). The largest absolute Gasteiger partial charge is 0.549 e. The van der Waals surface area contributed by atoms with Crippen molar-refractivity contribution < 1.29 is 14.7 Å². The molecule has 0 aromatic rings. The van der Waals surface area contributed by atoms with E-state index in [0.29, 0.717) is 0 Å². The average Bonchev–Trinajstić information content (AvgIpc) is 1.82. The summed E-state index contributed by atoms with van der Waals surface area (Å²) >= 11 is 0. The Bertz CT molecular complexity index is 176. The molecule has 0 aliphatic rings. The number of carbonyl (C=O) groups excluding carboxylic acids is 2. The number of ketones is 1. The molecule has 0 bridgehead atoms. The first-order valence-electron chi connectivity index (χ1n) is 3.52. The average molecular weight is 157 g/mol.